The van der Waals surface area contributed by atoms with Gasteiger partial charge in [0, 0.05) is 25.3 Å². The number of aromatic nitrogens is 2. The number of aromatic amines is 1. The number of aldehydes is 1. The van der Waals surface area contributed by atoms with Crippen LogP contribution < -0.4 is 0 Å². The third-order valence-corrected chi connectivity index (χ3v) is 2.44. The zero-order valence-electron chi connectivity index (χ0n) is 7.32. The lowest BCUT2D eigenvalue weighted by Gasteiger charge is -2.20. The van der Waals surface area contributed by atoms with E-state index in [9.17, 15) is 4.79 Å². The largest absolute Gasteiger partial charge is 0.381 e. The summed E-state index contributed by atoms with van der Waals surface area (Å²) in [6, 6.07) is 0. The first-order chi connectivity index (χ1) is 6.42. The van der Waals surface area contributed by atoms with Crippen molar-refractivity contribution in [2.75, 3.05) is 13.2 Å². The molecule has 0 bridgehead atoms. The highest BCUT2D eigenvalue weighted by molar-refractivity contribution is 5.76. The Morgan fingerprint density at radius 1 is 1.54 bits per heavy atom. The maximum absolute atomic E-state index is 10.6. The number of carbonyl (C=O) groups excluding carboxylic acids is 1. The van der Waals surface area contributed by atoms with Gasteiger partial charge in [0.05, 0.1) is 11.3 Å². The molecule has 1 aliphatic heterocycles. The van der Waals surface area contributed by atoms with E-state index in [0.717, 1.165) is 38.0 Å². The average molecular weight is 180 g/mol. The highest BCUT2D eigenvalue weighted by atomic mass is 16.5. The lowest BCUT2D eigenvalue weighted by atomic mass is 9.94. The number of nitrogens with zero attached hydrogens (tertiary/aromatic N) is 1. The minimum absolute atomic E-state index is 0.389. The van der Waals surface area contributed by atoms with Crippen molar-refractivity contribution in [1.29, 1.82) is 0 Å². The Balaban J connectivity index is 2.17. The molecular formula is C9H12N2O2. The van der Waals surface area contributed by atoms with Gasteiger partial charge in [-0.2, -0.15) is 5.10 Å². The van der Waals surface area contributed by atoms with Crippen molar-refractivity contribution in [1.82, 2.24) is 10.2 Å². The highest BCUT2D eigenvalue weighted by Crippen LogP contribution is 2.26. The van der Waals surface area contributed by atoms with Gasteiger partial charge in [-0.25, -0.2) is 0 Å². The van der Waals surface area contributed by atoms with Gasteiger partial charge in [0.25, 0.3) is 0 Å². The van der Waals surface area contributed by atoms with Gasteiger partial charge in [-0.05, 0) is 12.8 Å². The molecule has 0 saturated carbocycles. The molecule has 13 heavy (non-hydrogen) atoms. The average Bonchev–Trinajstić information content (AvgIpc) is 2.67. The molecule has 4 heteroatoms. The first kappa shape index (κ1) is 8.44. The number of hydrogen-bond acceptors (Lipinski definition) is 3. The van der Waals surface area contributed by atoms with Gasteiger partial charge < -0.3 is 4.74 Å². The van der Waals surface area contributed by atoms with Crippen molar-refractivity contribution < 1.29 is 9.53 Å². The normalized spacial score (nSPS) is 18.8. The fourth-order valence-corrected chi connectivity index (χ4v) is 1.70. The Hall–Kier alpha value is -1.16. The highest BCUT2D eigenvalue weighted by Gasteiger charge is 2.20. The summed E-state index contributed by atoms with van der Waals surface area (Å²) in [6.45, 7) is 1.55. The summed E-state index contributed by atoms with van der Waals surface area (Å²) in [6.07, 6.45) is 4.43. The van der Waals surface area contributed by atoms with Gasteiger partial charge in [0.2, 0.25) is 0 Å². The Kier molecular flexibility index (Phi) is 2.40. The van der Waals surface area contributed by atoms with Crippen LogP contribution in [0.15, 0.2) is 6.20 Å². The molecule has 1 saturated heterocycles. The van der Waals surface area contributed by atoms with E-state index in [0.29, 0.717) is 11.5 Å². The molecule has 4 nitrogen and oxygen atoms in total. The molecule has 0 aliphatic carbocycles. The van der Waals surface area contributed by atoms with Crippen LogP contribution in [-0.4, -0.2) is 29.7 Å². The van der Waals surface area contributed by atoms with E-state index >= 15 is 0 Å². The van der Waals surface area contributed by atoms with Gasteiger partial charge >= 0.3 is 0 Å². The third-order valence-electron chi connectivity index (χ3n) is 2.44. The van der Waals surface area contributed by atoms with Crippen LogP contribution in [0, 0.1) is 0 Å². The number of carbonyl (C=O) groups is 1. The molecule has 1 N–H and O–H groups in total. The lowest BCUT2D eigenvalue weighted by molar-refractivity contribution is 0.0841. The van der Waals surface area contributed by atoms with E-state index in [-0.39, 0.29) is 0 Å². The molecule has 2 rings (SSSR count). The van der Waals surface area contributed by atoms with E-state index in [1.54, 1.807) is 6.20 Å². The molecule has 0 spiro atoms. The molecule has 0 atom stereocenters. The van der Waals surface area contributed by atoms with Crippen LogP contribution in [0.2, 0.25) is 0 Å². The summed E-state index contributed by atoms with van der Waals surface area (Å²) >= 11 is 0. The Bertz CT molecular complexity index is 290. The summed E-state index contributed by atoms with van der Waals surface area (Å²) in [5.74, 6) is 0.389. The minimum Gasteiger partial charge on any atom is -0.381 e. The van der Waals surface area contributed by atoms with Crippen LogP contribution in [0.4, 0.5) is 0 Å². The van der Waals surface area contributed by atoms with E-state index < -0.39 is 0 Å². The molecule has 1 fully saturated rings. The Morgan fingerprint density at radius 2 is 2.31 bits per heavy atom. The first-order valence-electron chi connectivity index (χ1n) is 4.48. The number of hydrogen-bond donors (Lipinski definition) is 1. The predicted octanol–water partition coefficient (Wildman–Crippen LogP) is 1.12. The maximum Gasteiger partial charge on any atom is 0.153 e. The van der Waals surface area contributed by atoms with Gasteiger partial charge in [0.1, 0.15) is 0 Å². The summed E-state index contributed by atoms with van der Waals surface area (Å²) in [7, 11) is 0. The zero-order chi connectivity index (χ0) is 9.10. The van der Waals surface area contributed by atoms with E-state index in [4.69, 9.17) is 4.74 Å². The number of ether oxygens (including phenoxy) is 1. The van der Waals surface area contributed by atoms with Crippen molar-refractivity contribution in [2.24, 2.45) is 0 Å². The monoisotopic (exact) mass is 180 g/mol. The predicted molar refractivity (Wildman–Crippen MR) is 46.8 cm³/mol. The number of H-pyrrole nitrogens is 1. The number of rotatable bonds is 2. The smallest absolute Gasteiger partial charge is 0.153 e. The molecular weight excluding hydrogens is 168 g/mol. The SMILES string of the molecule is O=Cc1c[nH]nc1C1CCOCC1. The zero-order valence-corrected chi connectivity index (χ0v) is 7.32. The lowest BCUT2D eigenvalue weighted by Crippen LogP contribution is -2.15. The van der Waals surface area contributed by atoms with Crippen LogP contribution in [-0.2, 0) is 4.74 Å². The van der Waals surface area contributed by atoms with Crippen LogP contribution in [0.25, 0.3) is 0 Å². The van der Waals surface area contributed by atoms with Crippen LogP contribution in [0.1, 0.15) is 34.8 Å². The summed E-state index contributed by atoms with van der Waals surface area (Å²) in [4.78, 5) is 10.6. The van der Waals surface area contributed by atoms with Crippen LogP contribution in [0.5, 0.6) is 0 Å². The van der Waals surface area contributed by atoms with Crippen molar-refractivity contribution >= 4 is 6.29 Å². The second-order valence-electron chi connectivity index (χ2n) is 3.23. The molecule has 0 amide bonds. The van der Waals surface area contributed by atoms with Crippen molar-refractivity contribution in [3.05, 3.63) is 17.5 Å². The summed E-state index contributed by atoms with van der Waals surface area (Å²) in [5, 5.41) is 6.82. The van der Waals surface area contributed by atoms with Gasteiger partial charge in [-0.3, -0.25) is 9.89 Å². The Morgan fingerprint density at radius 3 is 3.00 bits per heavy atom. The topological polar surface area (TPSA) is 55.0 Å². The quantitative estimate of drug-likeness (QED) is 0.694. The minimum atomic E-state index is 0.389. The number of nitrogens with one attached hydrogen (secondary N) is 1. The fraction of sp³-hybridized carbons (Fsp3) is 0.556. The first-order valence-corrected chi connectivity index (χ1v) is 4.48. The summed E-state index contributed by atoms with van der Waals surface area (Å²) < 4.78 is 5.24. The molecule has 1 aromatic rings. The molecule has 70 valence electrons. The fourth-order valence-electron chi connectivity index (χ4n) is 1.70. The van der Waals surface area contributed by atoms with E-state index in [2.05, 4.69) is 10.2 Å². The standard InChI is InChI=1S/C9H12N2O2/c12-6-8-5-10-11-9(8)7-1-3-13-4-2-7/h5-7H,1-4H2,(H,10,11). The van der Waals surface area contributed by atoms with Crippen LogP contribution >= 0.6 is 0 Å². The molecule has 1 aliphatic rings. The van der Waals surface area contributed by atoms with Crippen molar-refractivity contribution in [3.63, 3.8) is 0 Å². The second-order valence-corrected chi connectivity index (χ2v) is 3.23. The molecule has 0 radical (unpaired) electrons. The molecule has 2 heterocycles. The third kappa shape index (κ3) is 1.62. The van der Waals surface area contributed by atoms with Crippen LogP contribution in [0.3, 0.4) is 0 Å². The maximum atomic E-state index is 10.6. The Labute approximate surface area is 76.3 Å². The second kappa shape index (κ2) is 3.70. The summed E-state index contributed by atoms with van der Waals surface area (Å²) in [5.41, 5.74) is 1.59. The van der Waals surface area contributed by atoms with E-state index in [1.165, 1.54) is 0 Å². The molecule has 0 aromatic carbocycles. The van der Waals surface area contributed by atoms with Gasteiger partial charge in [0.15, 0.2) is 6.29 Å². The van der Waals surface area contributed by atoms with Gasteiger partial charge in [-0.1, -0.05) is 0 Å². The molecule has 1 aromatic heterocycles. The van der Waals surface area contributed by atoms with Crippen molar-refractivity contribution in [2.45, 2.75) is 18.8 Å². The van der Waals surface area contributed by atoms with E-state index in [1.807, 2.05) is 0 Å². The molecule has 0 unspecified atom stereocenters. The van der Waals surface area contributed by atoms with Gasteiger partial charge in [-0.15, -0.1) is 0 Å². The van der Waals surface area contributed by atoms with Crippen molar-refractivity contribution in [3.8, 4) is 0 Å².